The molecule has 0 amide bonds. The number of carbonyl (C=O) groups excluding carboxylic acids is 2. The Kier molecular flexibility index (Phi) is 5.68. The van der Waals surface area contributed by atoms with Crippen molar-refractivity contribution in [3.8, 4) is 5.75 Å². The van der Waals surface area contributed by atoms with Crippen LogP contribution < -0.4 is 4.74 Å². The number of pyridine rings is 1. The Hall–Kier alpha value is -3.71. The number of hydrogen-bond acceptors (Lipinski definition) is 7. The fourth-order valence-corrected chi connectivity index (χ4v) is 3.39. The van der Waals surface area contributed by atoms with Crippen LogP contribution in [-0.2, 0) is 14.3 Å². The van der Waals surface area contributed by atoms with Crippen LogP contribution in [0.25, 0.3) is 17.0 Å². The van der Waals surface area contributed by atoms with Crippen molar-refractivity contribution >= 4 is 28.9 Å². The summed E-state index contributed by atoms with van der Waals surface area (Å²) in [5.41, 5.74) is 0.786. The summed E-state index contributed by atoms with van der Waals surface area (Å²) in [4.78, 5) is 29.3. The van der Waals surface area contributed by atoms with Gasteiger partial charge in [-0.05, 0) is 42.5 Å². The van der Waals surface area contributed by atoms with E-state index >= 15 is 0 Å². The summed E-state index contributed by atoms with van der Waals surface area (Å²) in [6.45, 7) is -0.736. The highest BCUT2D eigenvalue weighted by Crippen LogP contribution is 2.32. The number of carbonyl (C=O) groups is 2. The second-order valence-electron chi connectivity index (χ2n) is 7.31. The standard InChI is InChI=1S/C24H21NO6/c1-29-20-10-7-17(8-11-20)22(27)30-15-24(14-26)13-18(23(28)31-24)12-19-9-6-16-4-2-3-5-21(16)25-19/h2-12,26H,13-15H2,1H3/b18-12-. The molecule has 7 heteroatoms. The molecule has 0 saturated carbocycles. The molecule has 0 spiro atoms. The molecule has 7 nitrogen and oxygen atoms in total. The number of aliphatic hydroxyl groups excluding tert-OH is 1. The monoisotopic (exact) mass is 419 g/mol. The third-order valence-corrected chi connectivity index (χ3v) is 5.11. The Balaban J connectivity index is 1.48. The summed E-state index contributed by atoms with van der Waals surface area (Å²) < 4.78 is 15.8. The van der Waals surface area contributed by atoms with Crippen LogP contribution in [0.4, 0.5) is 0 Å². The van der Waals surface area contributed by atoms with Gasteiger partial charge < -0.3 is 19.3 Å². The highest BCUT2D eigenvalue weighted by molar-refractivity contribution is 5.96. The van der Waals surface area contributed by atoms with Crippen molar-refractivity contribution < 1.29 is 28.9 Å². The first-order valence-corrected chi connectivity index (χ1v) is 9.74. The van der Waals surface area contributed by atoms with E-state index < -0.39 is 24.1 Å². The maximum Gasteiger partial charge on any atom is 0.338 e. The number of nitrogens with zero attached hydrogens (tertiary/aromatic N) is 1. The number of aliphatic hydroxyl groups is 1. The van der Waals surface area contributed by atoms with Gasteiger partial charge in [-0.3, -0.25) is 0 Å². The predicted molar refractivity (Wildman–Crippen MR) is 114 cm³/mol. The fourth-order valence-electron chi connectivity index (χ4n) is 3.39. The summed E-state index contributed by atoms with van der Waals surface area (Å²) in [5.74, 6) is -0.533. The SMILES string of the molecule is COc1ccc(C(=O)OCC2(CO)C/C(=C/c3ccc4ccccc4n3)C(=O)O2)cc1. The molecule has 158 valence electrons. The maximum atomic E-state index is 12.4. The van der Waals surface area contributed by atoms with Crippen molar-refractivity contribution in [2.75, 3.05) is 20.3 Å². The fraction of sp³-hybridized carbons (Fsp3) is 0.208. The third-order valence-electron chi connectivity index (χ3n) is 5.11. The lowest BCUT2D eigenvalue weighted by Gasteiger charge is -2.24. The van der Waals surface area contributed by atoms with E-state index in [0.717, 1.165) is 10.9 Å². The lowest BCUT2D eigenvalue weighted by atomic mass is 9.98. The molecule has 1 fully saturated rings. The molecule has 1 aromatic heterocycles. The minimum absolute atomic E-state index is 0.104. The molecule has 1 saturated heterocycles. The van der Waals surface area contributed by atoms with E-state index in [2.05, 4.69) is 4.98 Å². The van der Waals surface area contributed by atoms with Crippen molar-refractivity contribution in [3.05, 3.63) is 77.5 Å². The van der Waals surface area contributed by atoms with Crippen LogP contribution in [0.5, 0.6) is 5.75 Å². The second-order valence-corrected chi connectivity index (χ2v) is 7.31. The number of benzene rings is 2. The predicted octanol–water partition coefficient (Wildman–Crippen LogP) is 3.16. The van der Waals surface area contributed by atoms with E-state index in [1.54, 1.807) is 30.3 Å². The van der Waals surface area contributed by atoms with E-state index in [4.69, 9.17) is 14.2 Å². The first-order chi connectivity index (χ1) is 15.0. The van der Waals surface area contributed by atoms with Crippen LogP contribution in [0, 0.1) is 0 Å². The van der Waals surface area contributed by atoms with Crippen LogP contribution in [0.1, 0.15) is 22.5 Å². The average Bonchev–Trinajstić information content (AvgIpc) is 3.13. The number of aromatic nitrogens is 1. The topological polar surface area (TPSA) is 95.0 Å². The van der Waals surface area contributed by atoms with E-state index in [-0.39, 0.29) is 13.0 Å². The zero-order chi connectivity index (χ0) is 21.8. The largest absolute Gasteiger partial charge is 0.497 e. The van der Waals surface area contributed by atoms with Crippen LogP contribution in [-0.4, -0.2) is 48.0 Å². The summed E-state index contributed by atoms with van der Waals surface area (Å²) in [7, 11) is 1.53. The van der Waals surface area contributed by atoms with Crippen LogP contribution >= 0.6 is 0 Å². The number of methoxy groups -OCH3 is 1. The Morgan fingerprint density at radius 1 is 1.16 bits per heavy atom. The summed E-state index contributed by atoms with van der Waals surface area (Å²) in [6, 6.07) is 17.8. The maximum absolute atomic E-state index is 12.4. The molecular formula is C24H21NO6. The van der Waals surface area contributed by atoms with E-state index in [1.807, 2.05) is 36.4 Å². The Labute approximate surface area is 178 Å². The molecule has 1 unspecified atom stereocenters. The van der Waals surface area contributed by atoms with Gasteiger partial charge in [-0.2, -0.15) is 0 Å². The average molecular weight is 419 g/mol. The number of cyclic esters (lactones) is 1. The quantitative estimate of drug-likeness (QED) is 0.484. The van der Waals surface area contributed by atoms with Crippen LogP contribution in [0.3, 0.4) is 0 Å². The van der Waals surface area contributed by atoms with Crippen LogP contribution in [0.15, 0.2) is 66.2 Å². The lowest BCUT2D eigenvalue weighted by Crippen LogP contribution is -2.39. The molecule has 2 heterocycles. The zero-order valence-electron chi connectivity index (χ0n) is 16.9. The highest BCUT2D eigenvalue weighted by Gasteiger charge is 2.44. The van der Waals surface area contributed by atoms with Gasteiger partial charge in [0.2, 0.25) is 0 Å². The summed E-state index contributed by atoms with van der Waals surface area (Å²) >= 11 is 0. The number of rotatable bonds is 6. The second kappa shape index (κ2) is 8.57. The molecule has 1 aliphatic heterocycles. The van der Waals surface area contributed by atoms with E-state index in [9.17, 15) is 14.7 Å². The zero-order valence-corrected chi connectivity index (χ0v) is 16.9. The highest BCUT2D eigenvalue weighted by atomic mass is 16.6. The summed E-state index contributed by atoms with van der Waals surface area (Å²) in [6.07, 6.45) is 1.74. The Morgan fingerprint density at radius 3 is 2.68 bits per heavy atom. The Morgan fingerprint density at radius 2 is 1.94 bits per heavy atom. The molecule has 1 atom stereocenters. The number of fused-ring (bicyclic) bond motifs is 1. The van der Waals surface area contributed by atoms with Gasteiger partial charge in [0, 0.05) is 17.4 Å². The Bertz CT molecular complexity index is 1150. The molecule has 0 radical (unpaired) electrons. The van der Waals surface area contributed by atoms with Gasteiger partial charge in [0.1, 0.15) is 12.4 Å². The van der Waals surface area contributed by atoms with Crippen molar-refractivity contribution in [2.24, 2.45) is 0 Å². The normalized spacial score (nSPS) is 19.4. The number of esters is 2. The third kappa shape index (κ3) is 4.41. The molecule has 1 aliphatic rings. The molecule has 1 N–H and O–H groups in total. The van der Waals surface area contributed by atoms with Gasteiger partial charge in [0.05, 0.1) is 30.5 Å². The molecule has 2 aromatic carbocycles. The van der Waals surface area contributed by atoms with Gasteiger partial charge in [0.25, 0.3) is 0 Å². The lowest BCUT2D eigenvalue weighted by molar-refractivity contribution is -0.154. The molecule has 31 heavy (non-hydrogen) atoms. The molecule has 4 rings (SSSR count). The van der Waals surface area contributed by atoms with Crippen LogP contribution in [0.2, 0.25) is 0 Å². The van der Waals surface area contributed by atoms with Gasteiger partial charge >= 0.3 is 11.9 Å². The molecule has 3 aromatic rings. The first-order valence-electron chi connectivity index (χ1n) is 9.74. The molecular weight excluding hydrogens is 398 g/mol. The van der Waals surface area contributed by atoms with Crippen molar-refractivity contribution in [1.29, 1.82) is 0 Å². The van der Waals surface area contributed by atoms with E-state index in [1.165, 1.54) is 7.11 Å². The van der Waals surface area contributed by atoms with Gasteiger partial charge in [-0.1, -0.05) is 24.3 Å². The first kappa shape index (κ1) is 20.6. The van der Waals surface area contributed by atoms with Gasteiger partial charge in [-0.15, -0.1) is 0 Å². The van der Waals surface area contributed by atoms with Gasteiger partial charge in [-0.25, -0.2) is 14.6 Å². The van der Waals surface area contributed by atoms with Crippen molar-refractivity contribution in [3.63, 3.8) is 0 Å². The smallest absolute Gasteiger partial charge is 0.338 e. The van der Waals surface area contributed by atoms with E-state index in [0.29, 0.717) is 22.6 Å². The number of ether oxygens (including phenoxy) is 3. The molecule has 0 aliphatic carbocycles. The van der Waals surface area contributed by atoms with Crippen molar-refractivity contribution in [1.82, 2.24) is 4.98 Å². The minimum atomic E-state index is -1.32. The number of para-hydroxylation sites is 1. The number of hydrogen-bond donors (Lipinski definition) is 1. The van der Waals surface area contributed by atoms with Gasteiger partial charge in [0.15, 0.2) is 5.60 Å². The minimum Gasteiger partial charge on any atom is -0.497 e. The molecule has 0 bridgehead atoms. The summed E-state index contributed by atoms with van der Waals surface area (Å²) in [5, 5.41) is 10.9. The van der Waals surface area contributed by atoms with Crippen molar-refractivity contribution in [2.45, 2.75) is 12.0 Å².